The van der Waals surface area contributed by atoms with Gasteiger partial charge in [-0.15, -0.1) is 0 Å². The summed E-state index contributed by atoms with van der Waals surface area (Å²) < 4.78 is 10.7. The molecule has 1 aliphatic heterocycles. The number of aryl methyl sites for hydroxylation is 1. The number of hydrogen-bond acceptors (Lipinski definition) is 6. The first kappa shape index (κ1) is 21.2. The number of carbonyl (C=O) groups is 1. The highest BCUT2D eigenvalue weighted by Gasteiger charge is 2.11. The van der Waals surface area contributed by atoms with Crippen molar-refractivity contribution in [1.82, 2.24) is 20.4 Å². The van der Waals surface area contributed by atoms with E-state index in [1.54, 1.807) is 0 Å². The van der Waals surface area contributed by atoms with Gasteiger partial charge in [0, 0.05) is 44.6 Å². The lowest BCUT2D eigenvalue weighted by atomic mass is 10.1. The summed E-state index contributed by atoms with van der Waals surface area (Å²) in [5.41, 5.74) is 3.31. The minimum Gasteiger partial charge on any atom is -0.379 e. The molecule has 2 aromatic carbocycles. The summed E-state index contributed by atoms with van der Waals surface area (Å²) in [5.74, 6) is 1.17. The fourth-order valence-electron chi connectivity index (χ4n) is 3.53. The third-order valence-corrected chi connectivity index (χ3v) is 5.32. The largest absolute Gasteiger partial charge is 0.379 e. The Morgan fingerprint density at radius 1 is 1.00 bits per heavy atom. The van der Waals surface area contributed by atoms with Gasteiger partial charge in [0.25, 0.3) is 0 Å². The van der Waals surface area contributed by atoms with Gasteiger partial charge in [-0.3, -0.25) is 9.69 Å². The van der Waals surface area contributed by atoms with Gasteiger partial charge in [0.15, 0.2) is 0 Å². The monoisotopic (exact) mass is 420 g/mol. The molecule has 0 saturated carbocycles. The van der Waals surface area contributed by atoms with E-state index in [1.807, 2.05) is 30.3 Å². The second-order valence-corrected chi connectivity index (χ2v) is 7.71. The standard InChI is InChI=1S/C24H28N4O3/c29-22(7-4-8-23-26-24(27-31-23)21-5-2-1-3-6-21)25-17-19-9-11-20(12-10-19)18-28-13-15-30-16-14-28/h1-3,5-6,9-12H,4,7-8,13-18H2,(H,25,29). The van der Waals surface area contributed by atoms with Gasteiger partial charge in [-0.1, -0.05) is 59.8 Å². The van der Waals surface area contributed by atoms with Crippen LogP contribution in [0.4, 0.5) is 0 Å². The average Bonchev–Trinajstić information content (AvgIpc) is 3.29. The van der Waals surface area contributed by atoms with Gasteiger partial charge >= 0.3 is 0 Å². The van der Waals surface area contributed by atoms with E-state index in [9.17, 15) is 4.79 Å². The van der Waals surface area contributed by atoms with Crippen LogP contribution in [0, 0.1) is 0 Å². The molecule has 1 N–H and O–H groups in total. The van der Waals surface area contributed by atoms with Gasteiger partial charge in [-0.2, -0.15) is 4.98 Å². The Morgan fingerprint density at radius 2 is 1.74 bits per heavy atom. The van der Waals surface area contributed by atoms with E-state index in [-0.39, 0.29) is 5.91 Å². The molecule has 1 saturated heterocycles. The normalized spacial score (nSPS) is 14.5. The topological polar surface area (TPSA) is 80.5 Å². The van der Waals surface area contributed by atoms with Crippen molar-refractivity contribution in [1.29, 1.82) is 0 Å². The molecule has 0 bridgehead atoms. The number of rotatable bonds is 9. The summed E-state index contributed by atoms with van der Waals surface area (Å²) in [7, 11) is 0. The molecule has 1 aromatic heterocycles. The van der Waals surface area contributed by atoms with Crippen LogP contribution in [-0.2, 0) is 29.0 Å². The van der Waals surface area contributed by atoms with Crippen LogP contribution in [0.25, 0.3) is 11.4 Å². The number of benzene rings is 2. The van der Waals surface area contributed by atoms with E-state index in [0.717, 1.165) is 44.0 Å². The third kappa shape index (κ3) is 6.47. The molecule has 7 heteroatoms. The number of morpholine rings is 1. The molecular formula is C24H28N4O3. The van der Waals surface area contributed by atoms with Crippen molar-refractivity contribution in [3.05, 3.63) is 71.6 Å². The molecule has 0 aliphatic carbocycles. The maximum atomic E-state index is 12.2. The Balaban J connectivity index is 1.15. The van der Waals surface area contributed by atoms with Crippen molar-refractivity contribution < 1.29 is 14.1 Å². The molecule has 1 amide bonds. The number of nitrogens with zero attached hydrogens (tertiary/aromatic N) is 3. The Labute approximate surface area is 182 Å². The molecule has 2 heterocycles. The van der Waals surface area contributed by atoms with Crippen molar-refractivity contribution in [2.75, 3.05) is 26.3 Å². The van der Waals surface area contributed by atoms with Crippen molar-refractivity contribution in [3.8, 4) is 11.4 Å². The molecule has 31 heavy (non-hydrogen) atoms. The van der Waals surface area contributed by atoms with Gasteiger partial charge in [-0.05, 0) is 17.5 Å². The van der Waals surface area contributed by atoms with Crippen molar-refractivity contribution in [3.63, 3.8) is 0 Å². The van der Waals surface area contributed by atoms with E-state index in [2.05, 4.69) is 44.6 Å². The fourth-order valence-corrected chi connectivity index (χ4v) is 3.53. The van der Waals surface area contributed by atoms with Crippen LogP contribution in [-0.4, -0.2) is 47.3 Å². The highest BCUT2D eigenvalue weighted by atomic mass is 16.5. The van der Waals surface area contributed by atoms with Crippen LogP contribution >= 0.6 is 0 Å². The second kappa shape index (κ2) is 10.8. The summed E-state index contributed by atoms with van der Waals surface area (Å²) in [4.78, 5) is 19.0. The zero-order valence-electron chi connectivity index (χ0n) is 17.6. The molecule has 1 aliphatic rings. The Morgan fingerprint density at radius 3 is 2.52 bits per heavy atom. The lowest BCUT2D eigenvalue weighted by molar-refractivity contribution is -0.121. The van der Waals surface area contributed by atoms with Gasteiger partial charge < -0.3 is 14.6 Å². The highest BCUT2D eigenvalue weighted by molar-refractivity contribution is 5.75. The summed E-state index contributed by atoms with van der Waals surface area (Å²) in [6, 6.07) is 18.1. The Kier molecular flexibility index (Phi) is 7.41. The average molecular weight is 421 g/mol. The summed E-state index contributed by atoms with van der Waals surface area (Å²) in [5, 5.41) is 6.99. The van der Waals surface area contributed by atoms with Crippen LogP contribution in [0.1, 0.15) is 29.9 Å². The lowest BCUT2D eigenvalue weighted by Gasteiger charge is -2.26. The molecule has 4 rings (SSSR count). The van der Waals surface area contributed by atoms with E-state index in [4.69, 9.17) is 9.26 Å². The fraction of sp³-hybridized carbons (Fsp3) is 0.375. The summed E-state index contributed by atoms with van der Waals surface area (Å²) >= 11 is 0. The Bertz CT molecular complexity index is 950. The molecular weight excluding hydrogens is 392 g/mol. The summed E-state index contributed by atoms with van der Waals surface area (Å²) in [6.45, 7) is 5.06. The molecule has 0 spiro atoms. The predicted octanol–water partition coefficient (Wildman–Crippen LogP) is 3.21. The van der Waals surface area contributed by atoms with E-state index < -0.39 is 0 Å². The molecule has 1 fully saturated rings. The lowest BCUT2D eigenvalue weighted by Crippen LogP contribution is -2.35. The van der Waals surface area contributed by atoms with Gasteiger partial charge in [-0.25, -0.2) is 0 Å². The SMILES string of the molecule is O=C(CCCc1nc(-c2ccccc2)no1)NCc1ccc(CN2CCOCC2)cc1. The predicted molar refractivity (Wildman–Crippen MR) is 117 cm³/mol. The van der Waals surface area contributed by atoms with E-state index >= 15 is 0 Å². The van der Waals surface area contributed by atoms with Gasteiger partial charge in [0.1, 0.15) is 0 Å². The van der Waals surface area contributed by atoms with Crippen molar-refractivity contribution in [2.45, 2.75) is 32.4 Å². The molecule has 0 radical (unpaired) electrons. The minimum absolute atomic E-state index is 0.0280. The van der Waals surface area contributed by atoms with Gasteiger partial charge in [0.05, 0.1) is 13.2 Å². The maximum Gasteiger partial charge on any atom is 0.226 e. The maximum absolute atomic E-state index is 12.2. The zero-order chi connectivity index (χ0) is 21.3. The molecule has 162 valence electrons. The first-order valence-corrected chi connectivity index (χ1v) is 10.8. The second-order valence-electron chi connectivity index (χ2n) is 7.71. The zero-order valence-corrected chi connectivity index (χ0v) is 17.6. The van der Waals surface area contributed by atoms with Crippen molar-refractivity contribution in [2.24, 2.45) is 0 Å². The van der Waals surface area contributed by atoms with Crippen LogP contribution in [0.5, 0.6) is 0 Å². The number of ether oxygens (including phenoxy) is 1. The molecule has 7 nitrogen and oxygen atoms in total. The van der Waals surface area contributed by atoms with E-state index in [1.165, 1.54) is 5.56 Å². The molecule has 0 unspecified atom stereocenters. The number of amides is 1. The Hall–Kier alpha value is -3.03. The third-order valence-electron chi connectivity index (χ3n) is 5.32. The van der Waals surface area contributed by atoms with E-state index in [0.29, 0.717) is 37.5 Å². The first-order valence-electron chi connectivity index (χ1n) is 10.8. The van der Waals surface area contributed by atoms with Crippen LogP contribution in [0.2, 0.25) is 0 Å². The highest BCUT2D eigenvalue weighted by Crippen LogP contribution is 2.15. The van der Waals surface area contributed by atoms with Crippen LogP contribution in [0.3, 0.4) is 0 Å². The van der Waals surface area contributed by atoms with Crippen LogP contribution in [0.15, 0.2) is 59.1 Å². The molecule has 3 aromatic rings. The van der Waals surface area contributed by atoms with Crippen LogP contribution < -0.4 is 5.32 Å². The van der Waals surface area contributed by atoms with Gasteiger partial charge in [0.2, 0.25) is 17.6 Å². The number of nitrogens with one attached hydrogen (secondary N) is 1. The smallest absolute Gasteiger partial charge is 0.226 e. The van der Waals surface area contributed by atoms with Crippen molar-refractivity contribution >= 4 is 5.91 Å². The minimum atomic E-state index is 0.0280. The number of aromatic nitrogens is 2. The number of hydrogen-bond donors (Lipinski definition) is 1. The quantitative estimate of drug-likeness (QED) is 0.573. The number of carbonyl (C=O) groups excluding carboxylic acids is 1. The summed E-state index contributed by atoms with van der Waals surface area (Å²) in [6.07, 6.45) is 1.68. The first-order chi connectivity index (χ1) is 15.3. The molecule has 0 atom stereocenters.